The van der Waals surface area contributed by atoms with Crippen molar-refractivity contribution in [1.82, 2.24) is 5.32 Å². The van der Waals surface area contributed by atoms with E-state index in [0.717, 1.165) is 24.8 Å². The van der Waals surface area contributed by atoms with Gasteiger partial charge in [-0.1, -0.05) is 13.8 Å². The largest absolute Gasteiger partial charge is 0.391 e. The van der Waals surface area contributed by atoms with Gasteiger partial charge in [0.15, 0.2) is 0 Å². The van der Waals surface area contributed by atoms with Crippen LogP contribution < -0.4 is 5.32 Å². The van der Waals surface area contributed by atoms with Crippen LogP contribution in [0.15, 0.2) is 0 Å². The number of hydrogen-bond donors (Lipinski definition) is 2. The third-order valence-corrected chi connectivity index (χ3v) is 3.98. The molecule has 1 saturated carbocycles. The maximum atomic E-state index is 9.53. The highest BCUT2D eigenvalue weighted by Crippen LogP contribution is 2.29. The van der Waals surface area contributed by atoms with Crippen LogP contribution in [0.5, 0.6) is 0 Å². The fraction of sp³-hybridized carbons (Fsp3) is 1.00. The lowest BCUT2D eigenvalue weighted by molar-refractivity contribution is 0.0585. The molecular formula is C14H29NO2. The molecule has 0 spiro atoms. The lowest BCUT2D eigenvalue weighted by Crippen LogP contribution is -2.36. The van der Waals surface area contributed by atoms with Gasteiger partial charge in [-0.25, -0.2) is 0 Å². The zero-order valence-electron chi connectivity index (χ0n) is 11.6. The van der Waals surface area contributed by atoms with E-state index in [-0.39, 0.29) is 6.10 Å². The van der Waals surface area contributed by atoms with Crippen molar-refractivity contribution < 1.29 is 9.84 Å². The van der Waals surface area contributed by atoms with E-state index in [4.69, 9.17) is 4.74 Å². The van der Waals surface area contributed by atoms with Crippen LogP contribution in [-0.2, 0) is 4.74 Å². The number of aliphatic hydroxyl groups excluding tert-OH is 1. The predicted molar refractivity (Wildman–Crippen MR) is 71.1 cm³/mol. The van der Waals surface area contributed by atoms with E-state index in [0.29, 0.717) is 12.6 Å². The van der Waals surface area contributed by atoms with Gasteiger partial charge in [0.25, 0.3) is 0 Å². The van der Waals surface area contributed by atoms with Crippen molar-refractivity contribution in [1.29, 1.82) is 0 Å². The summed E-state index contributed by atoms with van der Waals surface area (Å²) in [5.74, 6) is 1.76. The average Bonchev–Trinajstić information content (AvgIpc) is 2.30. The molecule has 0 amide bonds. The fourth-order valence-electron chi connectivity index (χ4n) is 2.72. The molecule has 0 aromatic rings. The van der Waals surface area contributed by atoms with Crippen LogP contribution in [0.4, 0.5) is 0 Å². The fourth-order valence-corrected chi connectivity index (χ4v) is 2.72. The Bertz CT molecular complexity index is 189. The molecule has 0 aromatic heterocycles. The standard InChI is InChI=1S/C14H29NO2/c1-11(2)12-4-6-13(7-5-12)15-9-8-14(16)10-17-3/h11-16H,4-10H2,1-3H3. The van der Waals surface area contributed by atoms with Crippen LogP contribution in [0.25, 0.3) is 0 Å². The lowest BCUT2D eigenvalue weighted by atomic mass is 9.80. The minimum atomic E-state index is -0.320. The van der Waals surface area contributed by atoms with Gasteiger partial charge in [0.1, 0.15) is 0 Å². The highest BCUT2D eigenvalue weighted by Gasteiger charge is 2.22. The Morgan fingerprint density at radius 2 is 1.88 bits per heavy atom. The summed E-state index contributed by atoms with van der Waals surface area (Å²) in [6, 6.07) is 0.666. The number of rotatable bonds is 7. The molecule has 0 aliphatic heterocycles. The number of ether oxygens (including phenoxy) is 1. The van der Waals surface area contributed by atoms with E-state index in [2.05, 4.69) is 19.2 Å². The van der Waals surface area contributed by atoms with Crippen LogP contribution in [-0.4, -0.2) is 37.5 Å². The molecule has 0 bridgehead atoms. The second-order valence-corrected chi connectivity index (χ2v) is 5.71. The molecule has 1 aliphatic rings. The van der Waals surface area contributed by atoms with E-state index in [1.165, 1.54) is 25.7 Å². The van der Waals surface area contributed by atoms with Crippen LogP contribution in [0, 0.1) is 11.8 Å². The van der Waals surface area contributed by atoms with Gasteiger partial charge in [-0.2, -0.15) is 0 Å². The second-order valence-electron chi connectivity index (χ2n) is 5.71. The summed E-state index contributed by atoms with van der Waals surface area (Å²) in [6.07, 6.45) is 5.77. The van der Waals surface area contributed by atoms with Crippen LogP contribution in [0.1, 0.15) is 46.0 Å². The quantitative estimate of drug-likeness (QED) is 0.720. The van der Waals surface area contributed by atoms with E-state index in [9.17, 15) is 5.11 Å². The van der Waals surface area contributed by atoms with E-state index >= 15 is 0 Å². The van der Waals surface area contributed by atoms with E-state index in [1.807, 2.05) is 0 Å². The number of aliphatic hydroxyl groups is 1. The van der Waals surface area contributed by atoms with Crippen molar-refractivity contribution in [2.24, 2.45) is 11.8 Å². The molecule has 102 valence electrons. The van der Waals surface area contributed by atoms with E-state index < -0.39 is 0 Å². The van der Waals surface area contributed by atoms with Crippen molar-refractivity contribution in [2.45, 2.75) is 58.1 Å². The molecule has 3 nitrogen and oxygen atoms in total. The van der Waals surface area contributed by atoms with Crippen LogP contribution in [0.2, 0.25) is 0 Å². The van der Waals surface area contributed by atoms with Crippen molar-refractivity contribution in [2.75, 3.05) is 20.3 Å². The summed E-state index contributed by atoms with van der Waals surface area (Å²) in [6.45, 7) is 6.02. The first-order chi connectivity index (χ1) is 8.13. The minimum Gasteiger partial charge on any atom is -0.391 e. The van der Waals surface area contributed by atoms with Gasteiger partial charge in [0, 0.05) is 13.2 Å². The molecule has 1 aliphatic carbocycles. The first kappa shape index (κ1) is 14.9. The molecule has 1 fully saturated rings. The zero-order chi connectivity index (χ0) is 12.7. The van der Waals surface area contributed by atoms with Crippen molar-refractivity contribution in [3.8, 4) is 0 Å². The smallest absolute Gasteiger partial charge is 0.0785 e. The Balaban J connectivity index is 2.06. The maximum Gasteiger partial charge on any atom is 0.0785 e. The van der Waals surface area contributed by atoms with Gasteiger partial charge < -0.3 is 15.2 Å². The highest BCUT2D eigenvalue weighted by molar-refractivity contribution is 4.78. The van der Waals surface area contributed by atoms with Gasteiger partial charge in [-0.05, 0) is 50.5 Å². The Labute approximate surface area is 106 Å². The molecule has 0 saturated heterocycles. The lowest BCUT2D eigenvalue weighted by Gasteiger charge is -2.31. The van der Waals surface area contributed by atoms with Gasteiger partial charge in [0.05, 0.1) is 12.7 Å². The SMILES string of the molecule is COCC(O)CCNC1CCC(C(C)C)CC1. The Morgan fingerprint density at radius 1 is 1.24 bits per heavy atom. The van der Waals surface area contributed by atoms with Crippen molar-refractivity contribution >= 4 is 0 Å². The normalized spacial score (nSPS) is 27.4. The topological polar surface area (TPSA) is 41.5 Å². The molecule has 17 heavy (non-hydrogen) atoms. The van der Waals surface area contributed by atoms with Gasteiger partial charge in [-0.3, -0.25) is 0 Å². The van der Waals surface area contributed by atoms with E-state index in [1.54, 1.807) is 7.11 Å². The summed E-state index contributed by atoms with van der Waals surface area (Å²) >= 11 is 0. The molecule has 3 heteroatoms. The van der Waals surface area contributed by atoms with Gasteiger partial charge in [0.2, 0.25) is 0 Å². The first-order valence-electron chi connectivity index (χ1n) is 7.03. The summed E-state index contributed by atoms with van der Waals surface area (Å²) < 4.78 is 4.91. The van der Waals surface area contributed by atoms with Crippen molar-refractivity contribution in [3.63, 3.8) is 0 Å². The van der Waals surface area contributed by atoms with Crippen molar-refractivity contribution in [3.05, 3.63) is 0 Å². The molecule has 1 atom stereocenters. The molecule has 1 rings (SSSR count). The minimum absolute atomic E-state index is 0.320. The third-order valence-electron chi connectivity index (χ3n) is 3.98. The van der Waals surface area contributed by atoms with Crippen LogP contribution >= 0.6 is 0 Å². The molecule has 1 unspecified atom stereocenters. The summed E-state index contributed by atoms with van der Waals surface area (Å²) in [5, 5.41) is 13.1. The monoisotopic (exact) mass is 243 g/mol. The highest BCUT2D eigenvalue weighted by atomic mass is 16.5. The molecular weight excluding hydrogens is 214 g/mol. The molecule has 0 heterocycles. The van der Waals surface area contributed by atoms with Crippen LogP contribution in [0.3, 0.4) is 0 Å². The Kier molecular flexibility index (Phi) is 7.09. The number of methoxy groups -OCH3 is 1. The first-order valence-corrected chi connectivity index (χ1v) is 7.03. The number of nitrogens with one attached hydrogen (secondary N) is 1. The summed E-state index contributed by atoms with van der Waals surface area (Å²) in [4.78, 5) is 0. The molecule has 2 N–H and O–H groups in total. The zero-order valence-corrected chi connectivity index (χ0v) is 11.6. The maximum absolute atomic E-state index is 9.53. The Morgan fingerprint density at radius 3 is 2.41 bits per heavy atom. The Hall–Kier alpha value is -0.120. The summed E-state index contributed by atoms with van der Waals surface area (Å²) in [7, 11) is 1.63. The molecule has 0 radical (unpaired) electrons. The number of hydrogen-bond acceptors (Lipinski definition) is 3. The van der Waals surface area contributed by atoms with Gasteiger partial charge in [-0.15, -0.1) is 0 Å². The third kappa shape index (κ3) is 5.84. The molecule has 0 aromatic carbocycles. The van der Waals surface area contributed by atoms with Gasteiger partial charge >= 0.3 is 0 Å². The second kappa shape index (κ2) is 8.06. The summed E-state index contributed by atoms with van der Waals surface area (Å²) in [5.41, 5.74) is 0. The average molecular weight is 243 g/mol. The predicted octanol–water partition coefficient (Wildman–Crippen LogP) is 2.19.